The van der Waals surface area contributed by atoms with E-state index in [-0.39, 0.29) is 25.7 Å². The van der Waals surface area contributed by atoms with E-state index in [1.807, 2.05) is 0 Å². The Morgan fingerprint density at radius 3 is 0.687 bits per heavy atom. The van der Waals surface area contributed by atoms with E-state index in [0.717, 1.165) is 102 Å². The summed E-state index contributed by atoms with van der Waals surface area (Å²) < 4.78 is 68.7. The molecule has 3 N–H and O–H groups in total. The summed E-state index contributed by atoms with van der Waals surface area (Å²) >= 11 is 0. The molecule has 0 radical (unpaired) electrons. The standard InChI is InChI=1S/C80H156O17P2/c1-7-9-11-13-15-17-19-21-22-27-34-40-46-52-58-64-79(84)96-75(68-90-77(82)62-56-50-44-38-32-20-18-16-14-12-10-8-2)70-94-98(86,87)92-66-74(81)67-93-99(88,89)95-71-76(97-80(85)65-59-53-47-41-35-29-24-26-31-37-43-49-55-61-73(5)6)69-91-78(83)63-57-51-45-39-33-28-23-25-30-36-42-48-54-60-72(3)4/h72-76,81H,7-71H2,1-6H3,(H,86,87)(H,88,89)/t74-,75+,76+/m0/s1. The quantitative estimate of drug-likeness (QED) is 0.0222. The number of aliphatic hydroxyl groups excluding tert-OH is 1. The molecule has 0 aliphatic heterocycles. The lowest BCUT2D eigenvalue weighted by Gasteiger charge is -2.21. The summed E-state index contributed by atoms with van der Waals surface area (Å²) in [5.41, 5.74) is 0. The van der Waals surface area contributed by atoms with Crippen LogP contribution in [0.25, 0.3) is 0 Å². The molecule has 2 unspecified atom stereocenters. The molecule has 5 atom stereocenters. The number of hydrogen-bond acceptors (Lipinski definition) is 15. The molecular weight excluding hydrogens is 1290 g/mol. The van der Waals surface area contributed by atoms with E-state index in [0.29, 0.717) is 25.7 Å². The number of rotatable bonds is 79. The highest BCUT2D eigenvalue weighted by Crippen LogP contribution is 2.45. The van der Waals surface area contributed by atoms with Crippen molar-refractivity contribution >= 4 is 39.5 Å². The minimum atomic E-state index is -4.96. The molecule has 0 saturated carbocycles. The van der Waals surface area contributed by atoms with Gasteiger partial charge >= 0.3 is 39.5 Å². The van der Waals surface area contributed by atoms with E-state index >= 15 is 0 Å². The van der Waals surface area contributed by atoms with Gasteiger partial charge in [-0.05, 0) is 37.5 Å². The Bertz CT molecular complexity index is 1910. The van der Waals surface area contributed by atoms with Gasteiger partial charge < -0.3 is 33.8 Å². The average Bonchev–Trinajstić information content (AvgIpc) is 1.01. The van der Waals surface area contributed by atoms with Crippen LogP contribution in [-0.4, -0.2) is 96.7 Å². The fraction of sp³-hybridized carbons (Fsp3) is 0.950. The van der Waals surface area contributed by atoms with Crippen LogP contribution < -0.4 is 0 Å². The van der Waals surface area contributed by atoms with Gasteiger partial charge in [-0.2, -0.15) is 0 Å². The van der Waals surface area contributed by atoms with Crippen LogP contribution in [0.4, 0.5) is 0 Å². The summed E-state index contributed by atoms with van der Waals surface area (Å²) in [6.45, 7) is 9.67. The molecule has 0 aliphatic rings. The molecule has 19 heteroatoms. The summed E-state index contributed by atoms with van der Waals surface area (Å²) in [7, 11) is -9.92. The van der Waals surface area contributed by atoms with E-state index in [4.69, 9.17) is 37.0 Å². The lowest BCUT2D eigenvalue weighted by atomic mass is 10.0. The van der Waals surface area contributed by atoms with Crippen LogP contribution in [0.5, 0.6) is 0 Å². The predicted octanol–water partition coefficient (Wildman–Crippen LogP) is 23.9. The normalized spacial score (nSPS) is 13.9. The minimum absolute atomic E-state index is 0.108. The predicted molar refractivity (Wildman–Crippen MR) is 405 cm³/mol. The zero-order valence-electron chi connectivity index (χ0n) is 64.8. The van der Waals surface area contributed by atoms with E-state index in [9.17, 15) is 43.2 Å². The summed E-state index contributed by atoms with van der Waals surface area (Å²) in [5.74, 6) is -0.529. The summed E-state index contributed by atoms with van der Waals surface area (Å²) in [6.07, 6.45) is 60.8. The van der Waals surface area contributed by atoms with Gasteiger partial charge in [-0.15, -0.1) is 0 Å². The number of esters is 4. The third-order valence-electron chi connectivity index (χ3n) is 18.7. The monoisotopic (exact) mass is 1450 g/mol. The SMILES string of the molecule is CCCCCCCCCCCCCCCCCC(=O)O[C@H](COC(=O)CCCCCCCCCCCCCC)COP(=O)(O)OC[C@H](O)COP(=O)(O)OC[C@@H](COC(=O)CCCCCCCCCCCCCCCC(C)C)OC(=O)CCCCCCCCCCCCCCCC(C)C. The third-order valence-corrected chi connectivity index (χ3v) is 20.6. The first-order valence-electron chi connectivity index (χ1n) is 41.5. The van der Waals surface area contributed by atoms with Crippen molar-refractivity contribution < 1.29 is 80.2 Å². The number of aliphatic hydroxyl groups is 1. The second-order valence-electron chi connectivity index (χ2n) is 29.8. The Kier molecular flexibility index (Phi) is 70.3. The topological polar surface area (TPSA) is 237 Å². The largest absolute Gasteiger partial charge is 0.472 e. The van der Waals surface area contributed by atoms with E-state index in [1.165, 1.54) is 238 Å². The molecular formula is C80H156O17P2. The van der Waals surface area contributed by atoms with Crippen molar-refractivity contribution in [2.45, 2.75) is 439 Å². The molecule has 0 aromatic rings. The van der Waals surface area contributed by atoms with Gasteiger partial charge in [0, 0.05) is 25.7 Å². The van der Waals surface area contributed by atoms with Gasteiger partial charge in [-0.3, -0.25) is 37.3 Å². The second kappa shape index (κ2) is 71.7. The fourth-order valence-corrected chi connectivity index (χ4v) is 13.9. The van der Waals surface area contributed by atoms with E-state index < -0.39 is 97.5 Å². The number of ether oxygens (including phenoxy) is 4. The van der Waals surface area contributed by atoms with Crippen LogP contribution >= 0.6 is 15.6 Å². The Morgan fingerprint density at radius 1 is 0.273 bits per heavy atom. The number of phosphoric ester groups is 2. The fourth-order valence-electron chi connectivity index (χ4n) is 12.4. The first-order valence-corrected chi connectivity index (χ1v) is 44.5. The molecule has 0 amide bonds. The molecule has 0 aromatic carbocycles. The maximum atomic E-state index is 13.1. The van der Waals surface area contributed by atoms with Crippen LogP contribution in [0.15, 0.2) is 0 Å². The average molecular weight is 1450 g/mol. The molecule has 99 heavy (non-hydrogen) atoms. The van der Waals surface area contributed by atoms with Crippen molar-refractivity contribution in [3.8, 4) is 0 Å². The Hall–Kier alpha value is -1.94. The zero-order chi connectivity index (χ0) is 72.8. The van der Waals surface area contributed by atoms with Crippen LogP contribution in [0.1, 0.15) is 420 Å². The van der Waals surface area contributed by atoms with Crippen molar-refractivity contribution in [1.29, 1.82) is 0 Å². The second-order valence-corrected chi connectivity index (χ2v) is 32.7. The highest BCUT2D eigenvalue weighted by Gasteiger charge is 2.30. The summed E-state index contributed by atoms with van der Waals surface area (Å²) in [4.78, 5) is 73.0. The Balaban J connectivity index is 5.27. The van der Waals surface area contributed by atoms with Crippen LogP contribution in [-0.2, 0) is 65.4 Å². The highest BCUT2D eigenvalue weighted by molar-refractivity contribution is 7.47. The number of hydrogen-bond donors (Lipinski definition) is 3. The van der Waals surface area contributed by atoms with Gasteiger partial charge in [0.15, 0.2) is 12.2 Å². The maximum absolute atomic E-state index is 13.1. The van der Waals surface area contributed by atoms with Gasteiger partial charge in [0.05, 0.1) is 26.4 Å². The first-order chi connectivity index (χ1) is 47.9. The molecule has 0 aromatic heterocycles. The first kappa shape index (κ1) is 97.1. The van der Waals surface area contributed by atoms with Crippen molar-refractivity contribution in [2.24, 2.45) is 11.8 Å². The smallest absolute Gasteiger partial charge is 0.462 e. The molecule has 0 saturated heterocycles. The molecule has 0 aliphatic carbocycles. The number of carbonyl (C=O) groups is 4. The van der Waals surface area contributed by atoms with Crippen molar-refractivity contribution in [3.05, 3.63) is 0 Å². The van der Waals surface area contributed by atoms with E-state index in [1.54, 1.807) is 0 Å². The molecule has 17 nitrogen and oxygen atoms in total. The minimum Gasteiger partial charge on any atom is -0.462 e. The molecule has 0 spiro atoms. The van der Waals surface area contributed by atoms with Gasteiger partial charge in [0.25, 0.3) is 0 Å². The van der Waals surface area contributed by atoms with Gasteiger partial charge in [-0.1, -0.05) is 369 Å². The van der Waals surface area contributed by atoms with Crippen LogP contribution in [0.3, 0.4) is 0 Å². The molecule has 0 bridgehead atoms. The summed E-state index contributed by atoms with van der Waals surface area (Å²) in [6, 6.07) is 0. The molecule has 0 heterocycles. The lowest BCUT2D eigenvalue weighted by molar-refractivity contribution is -0.161. The Labute approximate surface area is 607 Å². The molecule has 0 rings (SSSR count). The number of phosphoric acid groups is 2. The van der Waals surface area contributed by atoms with E-state index in [2.05, 4.69) is 41.5 Å². The van der Waals surface area contributed by atoms with Crippen LogP contribution in [0.2, 0.25) is 0 Å². The lowest BCUT2D eigenvalue weighted by Crippen LogP contribution is -2.30. The van der Waals surface area contributed by atoms with Crippen molar-refractivity contribution in [3.63, 3.8) is 0 Å². The van der Waals surface area contributed by atoms with Crippen molar-refractivity contribution in [1.82, 2.24) is 0 Å². The van der Waals surface area contributed by atoms with Crippen molar-refractivity contribution in [2.75, 3.05) is 39.6 Å². The molecule has 588 valence electrons. The molecule has 0 fully saturated rings. The zero-order valence-corrected chi connectivity index (χ0v) is 66.6. The summed E-state index contributed by atoms with van der Waals surface area (Å²) in [5, 5.41) is 10.6. The van der Waals surface area contributed by atoms with Gasteiger partial charge in [0.2, 0.25) is 0 Å². The number of unbranched alkanes of at least 4 members (excludes halogenated alkanes) is 49. The number of carbonyl (C=O) groups excluding carboxylic acids is 4. The van der Waals surface area contributed by atoms with Crippen LogP contribution in [0, 0.1) is 11.8 Å². The maximum Gasteiger partial charge on any atom is 0.472 e. The highest BCUT2D eigenvalue weighted by atomic mass is 31.2. The Morgan fingerprint density at radius 2 is 0.465 bits per heavy atom. The van der Waals surface area contributed by atoms with Gasteiger partial charge in [-0.25, -0.2) is 9.13 Å². The third kappa shape index (κ3) is 74.1. The van der Waals surface area contributed by atoms with Gasteiger partial charge in [0.1, 0.15) is 19.3 Å².